The molecule has 0 atom stereocenters. The molecular weight excluding hydrogens is 248 g/mol. The third-order valence-electron chi connectivity index (χ3n) is 2.37. The SMILES string of the molecule is C=CCN.CNCc1cnc2c(c1)c(Cl)cn2C. The minimum absolute atomic E-state index is 0.583. The average molecular weight is 267 g/mol. The fraction of sp³-hybridized carbons (Fsp3) is 0.308. The van der Waals surface area contributed by atoms with Crippen molar-refractivity contribution in [1.82, 2.24) is 14.9 Å². The van der Waals surface area contributed by atoms with Crippen LogP contribution in [0.1, 0.15) is 5.56 Å². The lowest BCUT2D eigenvalue weighted by molar-refractivity contribution is 0.814. The Morgan fingerprint density at radius 3 is 2.83 bits per heavy atom. The van der Waals surface area contributed by atoms with Gasteiger partial charge in [0.1, 0.15) is 5.65 Å². The molecule has 2 heterocycles. The second kappa shape index (κ2) is 7.16. The standard InChI is InChI=1S/C10H12ClN3.C3H7N/c1-12-4-7-3-8-9(11)6-14(2)10(8)13-5-7;1-2-3-4/h3,5-6,12H,4H2,1-2H3;2H,1,3-4H2. The minimum atomic E-state index is 0.583. The van der Waals surface area contributed by atoms with E-state index in [1.807, 2.05) is 31.1 Å². The Bertz CT molecular complexity index is 519. The number of hydrogen-bond donors (Lipinski definition) is 2. The monoisotopic (exact) mass is 266 g/mol. The van der Waals surface area contributed by atoms with Crippen LogP contribution in [0.2, 0.25) is 5.02 Å². The average Bonchev–Trinajstić information content (AvgIpc) is 2.66. The predicted octanol–water partition coefficient (Wildman–Crippen LogP) is 2.08. The molecule has 0 aliphatic carbocycles. The molecule has 0 bridgehead atoms. The molecule has 2 aromatic rings. The fourth-order valence-electron chi connectivity index (χ4n) is 1.56. The van der Waals surface area contributed by atoms with Gasteiger partial charge in [0, 0.05) is 37.9 Å². The highest BCUT2D eigenvalue weighted by atomic mass is 35.5. The number of nitrogens with one attached hydrogen (secondary N) is 1. The molecule has 0 amide bonds. The molecule has 3 N–H and O–H groups in total. The van der Waals surface area contributed by atoms with Gasteiger partial charge >= 0.3 is 0 Å². The van der Waals surface area contributed by atoms with E-state index in [1.54, 1.807) is 6.08 Å². The Kier molecular flexibility index (Phi) is 5.85. The van der Waals surface area contributed by atoms with Crippen molar-refractivity contribution >= 4 is 22.6 Å². The van der Waals surface area contributed by atoms with Crippen molar-refractivity contribution in [3.05, 3.63) is 41.7 Å². The van der Waals surface area contributed by atoms with Crippen LogP contribution in [-0.2, 0) is 13.6 Å². The van der Waals surface area contributed by atoms with Gasteiger partial charge < -0.3 is 15.6 Å². The molecule has 0 fully saturated rings. The summed E-state index contributed by atoms with van der Waals surface area (Å²) in [5.74, 6) is 0. The van der Waals surface area contributed by atoms with Crippen molar-refractivity contribution in [3.8, 4) is 0 Å². The van der Waals surface area contributed by atoms with Crippen LogP contribution < -0.4 is 11.1 Å². The molecule has 0 saturated heterocycles. The third kappa shape index (κ3) is 3.57. The Morgan fingerprint density at radius 1 is 1.61 bits per heavy atom. The van der Waals surface area contributed by atoms with E-state index in [2.05, 4.69) is 22.9 Å². The van der Waals surface area contributed by atoms with Crippen molar-refractivity contribution < 1.29 is 0 Å². The first-order valence-electron chi connectivity index (χ1n) is 5.69. The zero-order valence-electron chi connectivity index (χ0n) is 10.8. The van der Waals surface area contributed by atoms with Gasteiger partial charge in [0.05, 0.1) is 5.02 Å². The summed E-state index contributed by atoms with van der Waals surface area (Å²) in [5, 5.41) is 4.86. The number of pyridine rings is 1. The molecule has 0 spiro atoms. The molecule has 4 nitrogen and oxygen atoms in total. The highest BCUT2D eigenvalue weighted by Gasteiger charge is 2.05. The van der Waals surface area contributed by atoms with Gasteiger partial charge in [-0.3, -0.25) is 0 Å². The van der Waals surface area contributed by atoms with Gasteiger partial charge in [-0.05, 0) is 18.7 Å². The first kappa shape index (κ1) is 14.7. The molecule has 0 radical (unpaired) electrons. The molecule has 0 unspecified atom stereocenters. The molecule has 2 rings (SSSR count). The Labute approximate surface area is 112 Å². The van der Waals surface area contributed by atoms with Crippen molar-refractivity contribution in [1.29, 1.82) is 0 Å². The quantitative estimate of drug-likeness (QED) is 0.837. The normalized spacial score (nSPS) is 10.0. The van der Waals surface area contributed by atoms with Crippen LogP contribution in [0.25, 0.3) is 11.0 Å². The number of nitrogens with zero attached hydrogens (tertiary/aromatic N) is 2. The maximum absolute atomic E-state index is 6.07. The summed E-state index contributed by atoms with van der Waals surface area (Å²) in [6, 6.07) is 2.07. The van der Waals surface area contributed by atoms with E-state index in [4.69, 9.17) is 17.3 Å². The largest absolute Gasteiger partial charge is 0.334 e. The van der Waals surface area contributed by atoms with Gasteiger partial charge in [-0.1, -0.05) is 17.7 Å². The topological polar surface area (TPSA) is 55.9 Å². The Balaban J connectivity index is 0.000000357. The maximum atomic E-state index is 6.07. The number of aryl methyl sites for hydroxylation is 1. The first-order valence-corrected chi connectivity index (χ1v) is 6.06. The third-order valence-corrected chi connectivity index (χ3v) is 2.67. The minimum Gasteiger partial charge on any atom is -0.334 e. The predicted molar refractivity (Wildman–Crippen MR) is 77.7 cm³/mol. The van der Waals surface area contributed by atoms with Gasteiger partial charge in [0.25, 0.3) is 0 Å². The van der Waals surface area contributed by atoms with Gasteiger partial charge in [0.15, 0.2) is 0 Å². The van der Waals surface area contributed by atoms with E-state index in [0.29, 0.717) is 6.54 Å². The Morgan fingerprint density at radius 2 is 2.28 bits per heavy atom. The lowest BCUT2D eigenvalue weighted by atomic mass is 10.2. The van der Waals surface area contributed by atoms with Gasteiger partial charge in [-0.15, -0.1) is 6.58 Å². The highest BCUT2D eigenvalue weighted by Crippen LogP contribution is 2.23. The number of hydrogen-bond acceptors (Lipinski definition) is 3. The van der Waals surface area contributed by atoms with Crippen molar-refractivity contribution in [2.24, 2.45) is 12.8 Å². The summed E-state index contributed by atoms with van der Waals surface area (Å²) >= 11 is 6.07. The van der Waals surface area contributed by atoms with Crippen LogP contribution in [0.4, 0.5) is 0 Å². The van der Waals surface area contributed by atoms with Crippen LogP contribution in [0, 0.1) is 0 Å². The fourth-order valence-corrected chi connectivity index (χ4v) is 1.84. The van der Waals surface area contributed by atoms with Gasteiger partial charge in [0.2, 0.25) is 0 Å². The molecule has 0 aliphatic rings. The summed E-state index contributed by atoms with van der Waals surface area (Å²) < 4.78 is 1.93. The van der Waals surface area contributed by atoms with Crippen molar-refractivity contribution in [2.75, 3.05) is 13.6 Å². The smallest absolute Gasteiger partial charge is 0.141 e. The van der Waals surface area contributed by atoms with E-state index in [0.717, 1.165) is 28.2 Å². The number of aromatic nitrogens is 2. The van der Waals surface area contributed by atoms with Gasteiger partial charge in [-0.25, -0.2) is 4.98 Å². The lowest BCUT2D eigenvalue weighted by Gasteiger charge is -2.00. The second-order valence-corrected chi connectivity index (χ2v) is 4.26. The van der Waals surface area contributed by atoms with E-state index in [1.165, 1.54) is 0 Å². The molecule has 98 valence electrons. The zero-order valence-corrected chi connectivity index (χ0v) is 11.5. The van der Waals surface area contributed by atoms with Crippen molar-refractivity contribution in [3.63, 3.8) is 0 Å². The molecule has 2 aromatic heterocycles. The highest BCUT2D eigenvalue weighted by molar-refractivity contribution is 6.35. The number of halogens is 1. The molecule has 0 aliphatic heterocycles. The van der Waals surface area contributed by atoms with Crippen LogP contribution >= 0.6 is 11.6 Å². The van der Waals surface area contributed by atoms with Crippen LogP contribution in [0.15, 0.2) is 31.1 Å². The van der Waals surface area contributed by atoms with E-state index in [-0.39, 0.29) is 0 Å². The van der Waals surface area contributed by atoms with E-state index >= 15 is 0 Å². The lowest BCUT2D eigenvalue weighted by Crippen LogP contribution is -2.05. The summed E-state index contributed by atoms with van der Waals surface area (Å²) in [7, 11) is 3.86. The van der Waals surface area contributed by atoms with Crippen molar-refractivity contribution in [2.45, 2.75) is 6.54 Å². The summed E-state index contributed by atoms with van der Waals surface area (Å²) in [5.41, 5.74) is 6.98. The molecule has 5 heteroatoms. The van der Waals surface area contributed by atoms with Gasteiger partial charge in [-0.2, -0.15) is 0 Å². The summed E-state index contributed by atoms with van der Waals surface area (Å²) in [6.45, 7) is 4.75. The summed E-state index contributed by atoms with van der Waals surface area (Å²) in [6.07, 6.45) is 5.40. The van der Waals surface area contributed by atoms with Crippen LogP contribution in [-0.4, -0.2) is 23.1 Å². The molecule has 18 heavy (non-hydrogen) atoms. The number of rotatable bonds is 3. The molecular formula is C13H19ClN4. The number of nitrogens with two attached hydrogens (primary N) is 1. The van der Waals surface area contributed by atoms with E-state index in [9.17, 15) is 0 Å². The first-order chi connectivity index (χ1) is 8.63. The molecule has 0 aromatic carbocycles. The van der Waals surface area contributed by atoms with Crippen LogP contribution in [0.5, 0.6) is 0 Å². The number of fused-ring (bicyclic) bond motifs is 1. The summed E-state index contributed by atoms with van der Waals surface area (Å²) in [4.78, 5) is 4.36. The Hall–Kier alpha value is -1.36. The zero-order chi connectivity index (χ0) is 13.5. The maximum Gasteiger partial charge on any atom is 0.141 e. The molecule has 0 saturated carbocycles. The van der Waals surface area contributed by atoms with E-state index < -0.39 is 0 Å². The van der Waals surface area contributed by atoms with Crippen LogP contribution in [0.3, 0.4) is 0 Å². The second-order valence-electron chi connectivity index (χ2n) is 3.86.